The summed E-state index contributed by atoms with van der Waals surface area (Å²) in [6, 6.07) is 0. The summed E-state index contributed by atoms with van der Waals surface area (Å²) in [6.45, 7) is 6.66. The second-order valence-corrected chi connectivity index (χ2v) is 3.85. The Hall–Kier alpha value is 0.220. The van der Waals surface area contributed by atoms with Crippen molar-refractivity contribution in [1.82, 2.24) is 0 Å². The van der Waals surface area contributed by atoms with Gasteiger partial charge in [0.25, 0.3) is 0 Å². The fraction of sp³-hybridized carbons (Fsp3) is 1.00. The lowest BCUT2D eigenvalue weighted by molar-refractivity contribution is 0.136. The third kappa shape index (κ3) is 1.99. The van der Waals surface area contributed by atoms with Crippen molar-refractivity contribution < 1.29 is 4.39 Å². The molecular formula is C6H12ClF. The molecule has 0 radical (unpaired) electrons. The highest BCUT2D eigenvalue weighted by Gasteiger charge is 2.34. The van der Waals surface area contributed by atoms with E-state index in [1.165, 1.54) is 6.92 Å². The molecule has 1 atom stereocenters. The molecule has 0 amide bonds. The van der Waals surface area contributed by atoms with Crippen LogP contribution >= 0.6 is 11.6 Å². The van der Waals surface area contributed by atoms with Crippen LogP contribution in [0.15, 0.2) is 0 Å². The molecule has 0 fully saturated rings. The molecule has 8 heavy (non-hydrogen) atoms. The summed E-state index contributed by atoms with van der Waals surface area (Å²) in [5, 5.41) is -1.59. The second kappa shape index (κ2) is 1.87. The minimum absolute atomic E-state index is 0.464. The van der Waals surface area contributed by atoms with Gasteiger partial charge in [-0.1, -0.05) is 32.4 Å². The zero-order valence-electron chi connectivity index (χ0n) is 5.76. The quantitative estimate of drug-likeness (QED) is 0.452. The van der Waals surface area contributed by atoms with Gasteiger partial charge in [0.1, 0.15) is 0 Å². The lowest BCUT2D eigenvalue weighted by Crippen LogP contribution is -2.28. The third-order valence-electron chi connectivity index (χ3n) is 1.32. The standard InChI is InChI=1S/C6H12ClF/c1-5(2,3)6(4,7)8/h1-4H3. The molecule has 0 aromatic carbocycles. The average Bonchev–Trinajstić information content (AvgIpc) is 1.25. The highest BCUT2D eigenvalue weighted by atomic mass is 35.5. The first-order valence-corrected chi connectivity index (χ1v) is 3.01. The third-order valence-corrected chi connectivity index (χ3v) is 1.88. The normalized spacial score (nSPS) is 20.2. The first-order chi connectivity index (χ1) is 3.25. The van der Waals surface area contributed by atoms with E-state index in [0.29, 0.717) is 0 Å². The Morgan fingerprint density at radius 2 is 1.25 bits per heavy atom. The molecule has 0 aliphatic carbocycles. The Morgan fingerprint density at radius 3 is 1.25 bits per heavy atom. The maximum Gasteiger partial charge on any atom is 0.185 e. The van der Waals surface area contributed by atoms with Crippen molar-refractivity contribution in [3.8, 4) is 0 Å². The highest BCUT2D eigenvalue weighted by molar-refractivity contribution is 6.23. The topological polar surface area (TPSA) is 0 Å². The molecular weight excluding hydrogens is 127 g/mol. The van der Waals surface area contributed by atoms with Crippen molar-refractivity contribution in [1.29, 1.82) is 0 Å². The molecule has 1 unspecified atom stereocenters. The second-order valence-electron chi connectivity index (χ2n) is 3.14. The molecule has 0 aromatic heterocycles. The number of hydrogen-bond donors (Lipinski definition) is 0. The lowest BCUT2D eigenvalue weighted by atomic mass is 9.91. The predicted molar refractivity (Wildman–Crippen MR) is 34.8 cm³/mol. The lowest BCUT2D eigenvalue weighted by Gasteiger charge is -2.27. The minimum Gasteiger partial charge on any atom is -0.226 e. The summed E-state index contributed by atoms with van der Waals surface area (Å²) in [5.41, 5.74) is -0.464. The van der Waals surface area contributed by atoms with Gasteiger partial charge < -0.3 is 0 Å². The monoisotopic (exact) mass is 138 g/mol. The van der Waals surface area contributed by atoms with Gasteiger partial charge in [-0.2, -0.15) is 0 Å². The summed E-state index contributed by atoms with van der Waals surface area (Å²) in [5.74, 6) is 0. The van der Waals surface area contributed by atoms with Gasteiger partial charge >= 0.3 is 0 Å². The van der Waals surface area contributed by atoms with Gasteiger partial charge in [-0.3, -0.25) is 0 Å². The molecule has 0 saturated heterocycles. The van der Waals surface area contributed by atoms with E-state index in [9.17, 15) is 4.39 Å². The van der Waals surface area contributed by atoms with Crippen molar-refractivity contribution in [2.24, 2.45) is 5.41 Å². The number of halogens is 2. The average molecular weight is 139 g/mol. The maximum absolute atomic E-state index is 12.7. The Kier molecular flexibility index (Phi) is 1.92. The van der Waals surface area contributed by atoms with Crippen LogP contribution < -0.4 is 0 Å². The Bertz CT molecular complexity index is 63.5. The zero-order valence-corrected chi connectivity index (χ0v) is 6.51. The zero-order chi connectivity index (χ0) is 7.00. The van der Waals surface area contributed by atoms with Gasteiger partial charge in [-0.15, -0.1) is 0 Å². The first-order valence-electron chi connectivity index (χ1n) is 2.63. The van der Waals surface area contributed by atoms with Crippen LogP contribution in [0.3, 0.4) is 0 Å². The summed E-state index contributed by atoms with van der Waals surface area (Å²) < 4.78 is 12.7. The predicted octanol–water partition coefficient (Wildman–Crippen LogP) is 2.96. The molecule has 0 bridgehead atoms. The van der Waals surface area contributed by atoms with Crippen LogP contribution in [0.4, 0.5) is 4.39 Å². The van der Waals surface area contributed by atoms with Gasteiger partial charge in [-0.25, -0.2) is 4.39 Å². The Morgan fingerprint density at radius 1 is 1.12 bits per heavy atom. The van der Waals surface area contributed by atoms with Crippen molar-refractivity contribution in [3.05, 3.63) is 0 Å². The number of rotatable bonds is 0. The van der Waals surface area contributed by atoms with Crippen LogP contribution in [0, 0.1) is 5.41 Å². The Labute approximate surface area is 55.0 Å². The van der Waals surface area contributed by atoms with Crippen molar-refractivity contribution in [3.63, 3.8) is 0 Å². The van der Waals surface area contributed by atoms with E-state index in [4.69, 9.17) is 11.6 Å². The van der Waals surface area contributed by atoms with Crippen molar-refractivity contribution >= 4 is 11.6 Å². The van der Waals surface area contributed by atoms with E-state index >= 15 is 0 Å². The van der Waals surface area contributed by atoms with Crippen molar-refractivity contribution in [2.75, 3.05) is 0 Å². The van der Waals surface area contributed by atoms with E-state index in [1.807, 2.05) is 0 Å². The maximum atomic E-state index is 12.7. The van der Waals surface area contributed by atoms with Crippen LogP contribution in [0.2, 0.25) is 0 Å². The molecule has 0 nitrogen and oxygen atoms in total. The summed E-state index contributed by atoms with van der Waals surface area (Å²) in [6.07, 6.45) is 0. The molecule has 0 rings (SSSR count). The molecule has 50 valence electrons. The van der Waals surface area contributed by atoms with E-state index in [2.05, 4.69) is 0 Å². The van der Waals surface area contributed by atoms with Gasteiger partial charge in [-0.05, 0) is 6.92 Å². The SMILES string of the molecule is CC(C)(C)C(C)(F)Cl. The molecule has 0 saturated carbocycles. The molecule has 0 N–H and O–H groups in total. The van der Waals surface area contributed by atoms with E-state index < -0.39 is 10.5 Å². The minimum atomic E-state index is -1.59. The fourth-order valence-corrected chi connectivity index (χ4v) is 0. The van der Waals surface area contributed by atoms with Crippen LogP contribution in [-0.4, -0.2) is 5.13 Å². The molecule has 0 spiro atoms. The largest absolute Gasteiger partial charge is 0.226 e. The van der Waals surface area contributed by atoms with E-state index in [-0.39, 0.29) is 0 Å². The molecule has 0 aliphatic rings. The van der Waals surface area contributed by atoms with Gasteiger partial charge in [0.2, 0.25) is 0 Å². The molecule has 0 aliphatic heterocycles. The summed E-state index contributed by atoms with van der Waals surface area (Å²) in [7, 11) is 0. The van der Waals surface area contributed by atoms with Gasteiger partial charge in [0.15, 0.2) is 5.13 Å². The van der Waals surface area contributed by atoms with Crippen molar-refractivity contribution in [2.45, 2.75) is 32.8 Å². The first kappa shape index (κ1) is 8.22. The van der Waals surface area contributed by atoms with Crippen LogP contribution in [0.1, 0.15) is 27.7 Å². The van der Waals surface area contributed by atoms with E-state index in [1.54, 1.807) is 20.8 Å². The van der Waals surface area contributed by atoms with E-state index in [0.717, 1.165) is 0 Å². The number of alkyl halides is 2. The van der Waals surface area contributed by atoms with Crippen LogP contribution in [0.5, 0.6) is 0 Å². The summed E-state index contributed by atoms with van der Waals surface area (Å²) in [4.78, 5) is 0. The van der Waals surface area contributed by atoms with Crippen LogP contribution in [0.25, 0.3) is 0 Å². The smallest absolute Gasteiger partial charge is 0.185 e. The highest BCUT2D eigenvalue weighted by Crippen LogP contribution is 2.36. The number of hydrogen-bond acceptors (Lipinski definition) is 0. The van der Waals surface area contributed by atoms with Gasteiger partial charge in [0.05, 0.1) is 0 Å². The van der Waals surface area contributed by atoms with Gasteiger partial charge in [0, 0.05) is 5.41 Å². The van der Waals surface area contributed by atoms with Crippen LogP contribution in [-0.2, 0) is 0 Å². The Balaban J connectivity index is 4.02. The summed E-state index contributed by atoms with van der Waals surface area (Å²) >= 11 is 5.34. The molecule has 0 aromatic rings. The molecule has 0 heterocycles. The molecule has 2 heteroatoms. The fourth-order valence-electron chi connectivity index (χ4n) is 0.